The van der Waals surface area contributed by atoms with E-state index in [0.29, 0.717) is 31.9 Å². The van der Waals surface area contributed by atoms with Crippen molar-refractivity contribution in [1.82, 2.24) is 14.9 Å². The van der Waals surface area contributed by atoms with Crippen LogP contribution >= 0.6 is 0 Å². The van der Waals surface area contributed by atoms with Crippen LogP contribution < -0.4 is 10.2 Å². The summed E-state index contributed by atoms with van der Waals surface area (Å²) in [6.45, 7) is 3.68. The number of benzene rings is 1. The summed E-state index contributed by atoms with van der Waals surface area (Å²) in [7, 11) is 1.25. The van der Waals surface area contributed by atoms with E-state index in [9.17, 15) is 23.1 Å². The second kappa shape index (κ2) is 8.55. The number of hydrogen-bond acceptors (Lipinski definition) is 8. The highest BCUT2D eigenvalue weighted by Crippen LogP contribution is 2.40. The van der Waals surface area contributed by atoms with Crippen LogP contribution in [0.15, 0.2) is 30.3 Å². The summed E-state index contributed by atoms with van der Waals surface area (Å²) in [5, 5.41) is 13.4. The molecule has 1 aromatic heterocycles. The summed E-state index contributed by atoms with van der Waals surface area (Å²) in [6.07, 6.45) is -5.50. The number of aliphatic hydroxyl groups excluding tert-OH is 1. The number of carbonyl (C=O) groups is 1. The molecule has 32 heavy (non-hydrogen) atoms. The summed E-state index contributed by atoms with van der Waals surface area (Å²) in [5.74, 6) is -0.271. The van der Waals surface area contributed by atoms with Gasteiger partial charge in [0.05, 0.1) is 12.7 Å². The van der Waals surface area contributed by atoms with Crippen LogP contribution in [0.25, 0.3) is 0 Å². The fourth-order valence-corrected chi connectivity index (χ4v) is 4.46. The summed E-state index contributed by atoms with van der Waals surface area (Å²) in [4.78, 5) is 23.6. The molecule has 0 saturated carbocycles. The molecule has 0 amide bonds. The predicted molar refractivity (Wildman–Crippen MR) is 110 cm³/mol. The molecule has 0 radical (unpaired) electrons. The lowest BCUT2D eigenvalue weighted by molar-refractivity contribution is -0.137. The third-order valence-electron chi connectivity index (χ3n) is 5.92. The highest BCUT2D eigenvalue weighted by atomic mass is 19.4. The van der Waals surface area contributed by atoms with Crippen LogP contribution in [0, 0.1) is 18.8 Å². The van der Waals surface area contributed by atoms with Gasteiger partial charge in [-0.25, -0.2) is 14.8 Å². The number of nitrogens with one attached hydrogen (secondary N) is 1. The molecular weight excluding hydrogens is 427 g/mol. The lowest BCUT2D eigenvalue weighted by Crippen LogP contribution is -2.41. The summed E-state index contributed by atoms with van der Waals surface area (Å²) in [6, 6.07) is 7.10. The van der Waals surface area contributed by atoms with E-state index in [4.69, 9.17) is 0 Å². The Kier molecular flexibility index (Phi) is 5.95. The SMILES string of the molecule is COC(=O)c1cc(C)nc(NC(O)N2C[C@H]3CN(c4ccccc4C(F)(F)F)C[C@H]3C2)n1. The van der Waals surface area contributed by atoms with Crippen molar-refractivity contribution in [2.45, 2.75) is 19.5 Å². The standard InChI is InChI=1S/C21H24F3N5O3/c1-12-7-16(18(30)32-2)26-19(25-12)27-20(31)29-10-13-8-28(9-14(13)11-29)17-6-4-3-5-15(17)21(22,23)24/h3-7,13-14,20,31H,8-11H2,1-2H3,(H,25,26,27)/t13-,14+,20?. The number of rotatable bonds is 5. The molecule has 3 heterocycles. The molecule has 2 fully saturated rings. The molecule has 0 spiro atoms. The molecule has 1 aromatic carbocycles. The van der Waals surface area contributed by atoms with Gasteiger partial charge in [0.25, 0.3) is 0 Å². The number of aromatic nitrogens is 2. The fourth-order valence-electron chi connectivity index (χ4n) is 4.46. The highest BCUT2D eigenvalue weighted by Gasteiger charge is 2.44. The van der Waals surface area contributed by atoms with Crippen LogP contribution in [-0.4, -0.2) is 65.6 Å². The zero-order chi connectivity index (χ0) is 23.0. The average Bonchev–Trinajstić information content (AvgIpc) is 3.31. The Morgan fingerprint density at radius 3 is 2.47 bits per heavy atom. The lowest BCUT2D eigenvalue weighted by atomic mass is 10.0. The molecule has 4 rings (SSSR count). The first-order valence-corrected chi connectivity index (χ1v) is 10.2. The average molecular weight is 451 g/mol. The molecule has 2 aromatic rings. The van der Waals surface area contributed by atoms with Crippen molar-refractivity contribution < 1.29 is 27.8 Å². The van der Waals surface area contributed by atoms with E-state index >= 15 is 0 Å². The van der Waals surface area contributed by atoms with E-state index in [1.54, 1.807) is 22.8 Å². The first-order valence-electron chi connectivity index (χ1n) is 10.2. The number of methoxy groups -OCH3 is 1. The molecule has 0 aliphatic carbocycles. The Labute approximate surface area is 183 Å². The number of fused-ring (bicyclic) bond motifs is 1. The number of likely N-dealkylation sites (tertiary alicyclic amines) is 1. The molecule has 0 bridgehead atoms. The van der Waals surface area contributed by atoms with Crippen LogP contribution in [0.2, 0.25) is 0 Å². The maximum Gasteiger partial charge on any atom is 0.418 e. The maximum atomic E-state index is 13.4. The monoisotopic (exact) mass is 451 g/mol. The number of halogens is 3. The molecule has 2 aliphatic heterocycles. The van der Waals surface area contributed by atoms with E-state index in [-0.39, 0.29) is 29.2 Å². The van der Waals surface area contributed by atoms with Crippen molar-refractivity contribution in [2.24, 2.45) is 11.8 Å². The van der Waals surface area contributed by atoms with Crippen molar-refractivity contribution >= 4 is 17.6 Å². The quantitative estimate of drug-likeness (QED) is 0.529. The number of alkyl halides is 3. The van der Waals surface area contributed by atoms with Gasteiger partial charge in [0.2, 0.25) is 5.95 Å². The second-order valence-electron chi connectivity index (χ2n) is 8.12. The number of aliphatic hydroxyl groups is 1. The minimum Gasteiger partial charge on any atom is -0.464 e. The Bertz CT molecular complexity index is 989. The molecular formula is C21H24F3N5O3. The number of hydrogen-bond donors (Lipinski definition) is 2. The zero-order valence-corrected chi connectivity index (χ0v) is 17.6. The summed E-state index contributed by atoms with van der Waals surface area (Å²) in [5.41, 5.74) is 0.180. The third kappa shape index (κ3) is 4.49. The first kappa shape index (κ1) is 22.3. The topological polar surface area (TPSA) is 90.8 Å². The molecule has 172 valence electrons. The zero-order valence-electron chi connectivity index (χ0n) is 17.6. The number of ether oxygens (including phenoxy) is 1. The highest BCUT2D eigenvalue weighted by molar-refractivity contribution is 5.87. The molecule has 3 atom stereocenters. The van der Waals surface area contributed by atoms with Crippen LogP contribution in [-0.2, 0) is 10.9 Å². The third-order valence-corrected chi connectivity index (χ3v) is 5.92. The van der Waals surface area contributed by atoms with E-state index in [2.05, 4.69) is 20.0 Å². The molecule has 2 aliphatic rings. The predicted octanol–water partition coefficient (Wildman–Crippen LogP) is 2.35. The van der Waals surface area contributed by atoms with Gasteiger partial charge in [-0.15, -0.1) is 0 Å². The molecule has 1 unspecified atom stereocenters. The van der Waals surface area contributed by atoms with Gasteiger partial charge < -0.3 is 20.1 Å². The number of para-hydroxylation sites is 1. The van der Waals surface area contributed by atoms with Gasteiger partial charge in [0.1, 0.15) is 0 Å². The van der Waals surface area contributed by atoms with Gasteiger partial charge >= 0.3 is 12.1 Å². The first-order chi connectivity index (χ1) is 15.2. The van der Waals surface area contributed by atoms with Crippen molar-refractivity contribution in [3.8, 4) is 0 Å². The van der Waals surface area contributed by atoms with Crippen molar-refractivity contribution in [2.75, 3.05) is 43.5 Å². The van der Waals surface area contributed by atoms with E-state index in [0.717, 1.165) is 6.07 Å². The Morgan fingerprint density at radius 2 is 1.84 bits per heavy atom. The van der Waals surface area contributed by atoms with Crippen molar-refractivity contribution in [1.29, 1.82) is 0 Å². The number of aryl methyl sites for hydroxylation is 1. The Hall–Kier alpha value is -2.92. The van der Waals surface area contributed by atoms with Crippen LogP contribution in [0.5, 0.6) is 0 Å². The van der Waals surface area contributed by atoms with Crippen molar-refractivity contribution in [3.63, 3.8) is 0 Å². The van der Waals surface area contributed by atoms with Gasteiger partial charge in [0, 0.05) is 37.6 Å². The largest absolute Gasteiger partial charge is 0.464 e. The van der Waals surface area contributed by atoms with Crippen molar-refractivity contribution in [3.05, 3.63) is 47.3 Å². The van der Waals surface area contributed by atoms with Gasteiger partial charge in [-0.3, -0.25) is 4.90 Å². The number of nitrogens with zero attached hydrogens (tertiary/aromatic N) is 4. The van der Waals surface area contributed by atoms with Gasteiger partial charge in [-0.2, -0.15) is 13.2 Å². The molecule has 8 nitrogen and oxygen atoms in total. The number of esters is 1. The van der Waals surface area contributed by atoms with Gasteiger partial charge in [0.15, 0.2) is 12.0 Å². The van der Waals surface area contributed by atoms with E-state index in [1.165, 1.54) is 25.3 Å². The Balaban J connectivity index is 1.40. The Morgan fingerprint density at radius 1 is 1.19 bits per heavy atom. The van der Waals surface area contributed by atoms with E-state index in [1.807, 2.05) is 0 Å². The smallest absolute Gasteiger partial charge is 0.418 e. The summed E-state index contributed by atoms with van der Waals surface area (Å²) < 4.78 is 44.8. The minimum absolute atomic E-state index is 0.0759. The molecule has 11 heteroatoms. The fraction of sp³-hybridized carbons (Fsp3) is 0.476. The van der Waals surface area contributed by atoms with Crippen LogP contribution in [0.1, 0.15) is 21.7 Å². The summed E-state index contributed by atoms with van der Waals surface area (Å²) >= 11 is 0. The van der Waals surface area contributed by atoms with Gasteiger partial charge in [-0.1, -0.05) is 12.1 Å². The van der Waals surface area contributed by atoms with E-state index < -0.39 is 24.1 Å². The van der Waals surface area contributed by atoms with Gasteiger partial charge in [-0.05, 0) is 37.0 Å². The molecule has 2 N–H and O–H groups in total. The molecule has 2 saturated heterocycles. The minimum atomic E-state index is -4.41. The maximum absolute atomic E-state index is 13.4. The van der Waals surface area contributed by atoms with Crippen LogP contribution in [0.3, 0.4) is 0 Å². The number of anilines is 2. The normalized spacial score (nSPS) is 22.0. The lowest BCUT2D eigenvalue weighted by Gasteiger charge is -2.28. The van der Waals surface area contributed by atoms with Crippen LogP contribution in [0.4, 0.5) is 24.8 Å². The second-order valence-corrected chi connectivity index (χ2v) is 8.12. The number of carbonyl (C=O) groups excluding carboxylic acids is 1.